The van der Waals surface area contributed by atoms with Crippen LogP contribution in [0, 0.1) is 0 Å². The lowest BCUT2D eigenvalue weighted by Crippen LogP contribution is -2.41. The lowest BCUT2D eigenvalue weighted by atomic mass is 10.1. The van der Waals surface area contributed by atoms with Crippen LogP contribution in [-0.2, 0) is 38.2 Å². The summed E-state index contributed by atoms with van der Waals surface area (Å²) in [6, 6.07) is 0. The Morgan fingerprint density at radius 1 is 1.05 bits per heavy atom. The minimum Gasteiger partial charge on any atom is -0.455 e. The number of nitrogens with zero attached hydrogens (tertiary/aromatic N) is 3. The Bertz CT molecular complexity index is 490. The summed E-state index contributed by atoms with van der Waals surface area (Å²) in [6.07, 6.45) is -4.47. The molecule has 11 heteroatoms. The van der Waals surface area contributed by atoms with E-state index >= 15 is 0 Å². The molecule has 1 aliphatic rings. The maximum absolute atomic E-state index is 11.2. The van der Waals surface area contributed by atoms with E-state index in [9.17, 15) is 14.4 Å². The topological polar surface area (TPSA) is 146 Å². The molecule has 0 aromatic heterocycles. The molecule has 0 aromatic rings. The fourth-order valence-electron chi connectivity index (χ4n) is 1.87. The van der Waals surface area contributed by atoms with Crippen molar-refractivity contribution in [3.05, 3.63) is 10.4 Å². The molecule has 122 valence electrons. The van der Waals surface area contributed by atoms with Crippen LogP contribution in [-0.4, -0.2) is 49.1 Å². The molecule has 4 atom stereocenters. The van der Waals surface area contributed by atoms with E-state index in [-0.39, 0.29) is 6.61 Å². The number of carbonyl (C=O) groups is 3. The molecule has 0 aromatic carbocycles. The zero-order chi connectivity index (χ0) is 16.7. The number of hydrogen-bond donors (Lipinski definition) is 0. The summed E-state index contributed by atoms with van der Waals surface area (Å²) in [5, 5.41) is 2.87. The Hall–Kier alpha value is -2.52. The van der Waals surface area contributed by atoms with Gasteiger partial charge in [-0.15, -0.1) is 0 Å². The standard InChI is InChI=1S/C11H15N3O8/c1-5(15)19-9-8(4-18-14-13-12)22-11(21-7(3)17)10(9)20-6(2)16/h8-11H,4H2,1-3H3/t8-,9-,10+,11?/m1/s1. The van der Waals surface area contributed by atoms with Gasteiger partial charge in [0.25, 0.3) is 0 Å². The third-order valence-corrected chi connectivity index (χ3v) is 2.49. The Morgan fingerprint density at radius 3 is 2.09 bits per heavy atom. The third-order valence-electron chi connectivity index (χ3n) is 2.49. The summed E-state index contributed by atoms with van der Waals surface area (Å²) in [5.74, 6) is -2.03. The molecule has 1 rings (SSSR count). The summed E-state index contributed by atoms with van der Waals surface area (Å²) in [5.41, 5.74) is 8.16. The van der Waals surface area contributed by atoms with Crippen LogP contribution in [0.1, 0.15) is 20.8 Å². The Kier molecular flexibility index (Phi) is 6.42. The number of ether oxygens (including phenoxy) is 4. The molecular formula is C11H15N3O8. The predicted molar refractivity (Wildman–Crippen MR) is 66.6 cm³/mol. The summed E-state index contributed by atoms with van der Waals surface area (Å²) < 4.78 is 20.3. The normalized spacial score (nSPS) is 26.5. The van der Waals surface area contributed by atoms with Gasteiger partial charge in [-0.1, -0.05) is 0 Å². The molecule has 0 radical (unpaired) electrons. The van der Waals surface area contributed by atoms with E-state index < -0.39 is 42.5 Å². The van der Waals surface area contributed by atoms with Crippen LogP contribution < -0.4 is 0 Å². The van der Waals surface area contributed by atoms with Crippen molar-refractivity contribution >= 4 is 17.9 Å². The van der Waals surface area contributed by atoms with Gasteiger partial charge in [-0.3, -0.25) is 14.4 Å². The lowest BCUT2D eigenvalue weighted by molar-refractivity contribution is -0.197. The first kappa shape index (κ1) is 17.5. The second-order valence-corrected chi connectivity index (χ2v) is 4.27. The van der Waals surface area contributed by atoms with Crippen LogP contribution in [0.3, 0.4) is 0 Å². The van der Waals surface area contributed by atoms with Gasteiger partial charge < -0.3 is 23.8 Å². The van der Waals surface area contributed by atoms with Crippen molar-refractivity contribution in [1.29, 1.82) is 0 Å². The second kappa shape index (κ2) is 8.05. The van der Waals surface area contributed by atoms with E-state index in [1.807, 2.05) is 0 Å². The molecule has 1 heterocycles. The molecule has 1 saturated heterocycles. The largest absolute Gasteiger partial charge is 0.455 e. The predicted octanol–water partition coefficient (Wildman–Crippen LogP) is 0.380. The maximum atomic E-state index is 11.2. The molecule has 0 bridgehead atoms. The molecule has 0 N–H and O–H groups in total. The minimum absolute atomic E-state index is 0.294. The molecule has 1 aliphatic heterocycles. The van der Waals surface area contributed by atoms with Gasteiger partial charge >= 0.3 is 17.9 Å². The first-order valence-corrected chi connectivity index (χ1v) is 6.18. The number of carbonyl (C=O) groups excluding carboxylic acids is 3. The number of azide groups is 1. The van der Waals surface area contributed by atoms with Crippen LogP contribution in [0.4, 0.5) is 0 Å². The van der Waals surface area contributed by atoms with Gasteiger partial charge in [-0.2, -0.15) is 0 Å². The van der Waals surface area contributed by atoms with Crippen molar-refractivity contribution in [2.75, 3.05) is 6.61 Å². The van der Waals surface area contributed by atoms with Gasteiger partial charge in [-0.05, 0) is 5.53 Å². The van der Waals surface area contributed by atoms with Gasteiger partial charge in [0.2, 0.25) is 12.4 Å². The van der Waals surface area contributed by atoms with E-state index in [0.717, 1.165) is 20.8 Å². The zero-order valence-electron chi connectivity index (χ0n) is 12.1. The van der Waals surface area contributed by atoms with Crippen molar-refractivity contribution in [2.24, 2.45) is 5.28 Å². The molecule has 0 saturated carbocycles. The van der Waals surface area contributed by atoms with Crippen molar-refractivity contribution in [3.8, 4) is 0 Å². The smallest absolute Gasteiger partial charge is 0.305 e. The summed E-state index contributed by atoms with van der Waals surface area (Å²) in [6.45, 7) is 3.13. The highest BCUT2D eigenvalue weighted by Crippen LogP contribution is 2.28. The monoisotopic (exact) mass is 317 g/mol. The Labute approximate surface area is 125 Å². The summed E-state index contributed by atoms with van der Waals surface area (Å²) in [4.78, 5) is 40.4. The van der Waals surface area contributed by atoms with Crippen molar-refractivity contribution < 1.29 is 38.2 Å². The third kappa shape index (κ3) is 5.11. The lowest BCUT2D eigenvalue weighted by Gasteiger charge is -2.22. The molecule has 0 amide bonds. The van der Waals surface area contributed by atoms with Gasteiger partial charge in [0, 0.05) is 25.7 Å². The first-order chi connectivity index (χ1) is 10.3. The van der Waals surface area contributed by atoms with E-state index in [0.29, 0.717) is 0 Å². The average molecular weight is 317 g/mol. The van der Waals surface area contributed by atoms with E-state index in [4.69, 9.17) is 24.5 Å². The highest BCUT2D eigenvalue weighted by atomic mass is 16.8. The second-order valence-electron chi connectivity index (χ2n) is 4.27. The number of rotatable bonds is 6. The molecule has 1 unspecified atom stereocenters. The maximum Gasteiger partial charge on any atom is 0.305 e. The summed E-state index contributed by atoms with van der Waals surface area (Å²) >= 11 is 0. The molecule has 11 nitrogen and oxygen atoms in total. The van der Waals surface area contributed by atoms with Crippen LogP contribution in [0.5, 0.6) is 0 Å². The van der Waals surface area contributed by atoms with Crippen LogP contribution in [0.25, 0.3) is 10.4 Å². The van der Waals surface area contributed by atoms with Gasteiger partial charge in [0.1, 0.15) is 18.0 Å². The number of esters is 3. The highest BCUT2D eigenvalue weighted by molar-refractivity contribution is 5.68. The van der Waals surface area contributed by atoms with Crippen molar-refractivity contribution in [3.63, 3.8) is 0 Å². The van der Waals surface area contributed by atoms with Crippen LogP contribution in [0.2, 0.25) is 0 Å². The van der Waals surface area contributed by atoms with Gasteiger partial charge in [0.15, 0.2) is 6.10 Å². The van der Waals surface area contributed by atoms with Gasteiger partial charge in [0.05, 0.1) is 0 Å². The van der Waals surface area contributed by atoms with Crippen molar-refractivity contribution in [1.82, 2.24) is 0 Å². The fraction of sp³-hybridized carbons (Fsp3) is 0.727. The highest BCUT2D eigenvalue weighted by Gasteiger charge is 2.51. The van der Waals surface area contributed by atoms with E-state index in [2.05, 4.69) is 15.0 Å². The van der Waals surface area contributed by atoms with E-state index in [1.54, 1.807) is 0 Å². The van der Waals surface area contributed by atoms with Gasteiger partial charge in [-0.25, -0.2) is 0 Å². The number of hydrogen-bond acceptors (Lipinski definition) is 9. The summed E-state index contributed by atoms with van der Waals surface area (Å²) in [7, 11) is 0. The van der Waals surface area contributed by atoms with Crippen LogP contribution >= 0.6 is 0 Å². The fourth-order valence-corrected chi connectivity index (χ4v) is 1.87. The minimum atomic E-state index is -1.27. The zero-order valence-corrected chi connectivity index (χ0v) is 12.1. The SMILES string of the molecule is CC(=O)OC1O[C@H](CON=[N+]=[N-])[C@@H](OC(C)=O)[C@@H]1OC(C)=O. The molecule has 0 aliphatic carbocycles. The Morgan fingerprint density at radius 2 is 1.59 bits per heavy atom. The quantitative estimate of drug-likeness (QED) is 0.170. The van der Waals surface area contributed by atoms with Crippen molar-refractivity contribution in [2.45, 2.75) is 45.4 Å². The van der Waals surface area contributed by atoms with E-state index in [1.165, 1.54) is 0 Å². The molecule has 1 fully saturated rings. The van der Waals surface area contributed by atoms with Crippen LogP contribution in [0.15, 0.2) is 5.28 Å². The molecular weight excluding hydrogens is 302 g/mol. The first-order valence-electron chi connectivity index (χ1n) is 6.18. The molecule has 22 heavy (non-hydrogen) atoms. The Balaban J connectivity index is 2.94. The average Bonchev–Trinajstić information content (AvgIpc) is 2.67. The molecule has 0 spiro atoms.